The molecule has 24 heavy (non-hydrogen) atoms. The number of hydrogen-bond donors (Lipinski definition) is 1. The Morgan fingerprint density at radius 3 is 2.75 bits per heavy atom. The van der Waals surface area contributed by atoms with Crippen LogP contribution in [0, 0.1) is 0 Å². The van der Waals surface area contributed by atoms with Crippen molar-refractivity contribution in [3.8, 4) is 5.75 Å². The number of rotatable bonds is 5. The largest absolute Gasteiger partial charge is 0.492 e. The van der Waals surface area contributed by atoms with Crippen molar-refractivity contribution in [2.24, 2.45) is 0 Å². The van der Waals surface area contributed by atoms with Gasteiger partial charge in [-0.05, 0) is 49.4 Å². The second kappa shape index (κ2) is 6.67. The first-order valence-electron chi connectivity index (χ1n) is 7.30. The molecule has 0 radical (unpaired) electrons. The minimum absolute atomic E-state index is 0.133. The Bertz CT molecular complexity index is 990. The van der Waals surface area contributed by atoms with Gasteiger partial charge in [-0.2, -0.15) is 0 Å². The molecule has 0 aliphatic heterocycles. The van der Waals surface area contributed by atoms with Gasteiger partial charge >= 0.3 is 0 Å². The fourth-order valence-electron chi connectivity index (χ4n) is 2.39. The van der Waals surface area contributed by atoms with Gasteiger partial charge in [0.2, 0.25) is 0 Å². The summed E-state index contributed by atoms with van der Waals surface area (Å²) < 4.78 is 33.6. The number of anilines is 1. The second-order valence-corrected chi connectivity index (χ2v) is 7.10. The van der Waals surface area contributed by atoms with Crippen molar-refractivity contribution in [2.75, 3.05) is 11.3 Å². The van der Waals surface area contributed by atoms with Crippen LogP contribution in [0.3, 0.4) is 0 Å². The molecule has 0 amide bonds. The predicted octanol–water partition coefficient (Wildman–Crippen LogP) is 4.09. The third-order valence-corrected chi connectivity index (χ3v) is 5.03. The standard InChI is InChI=1S/C17H15ClN2O3S/c1-2-23-15-8-9-16(14-7-4-10-19-17(14)15)24(21,22)20-13-6-3-5-12(18)11-13/h3-11,20H,2H2,1H3. The van der Waals surface area contributed by atoms with E-state index in [-0.39, 0.29) is 4.90 Å². The van der Waals surface area contributed by atoms with E-state index < -0.39 is 10.0 Å². The first-order valence-corrected chi connectivity index (χ1v) is 9.16. The Labute approximate surface area is 145 Å². The lowest BCUT2D eigenvalue weighted by Crippen LogP contribution is -2.13. The SMILES string of the molecule is CCOc1ccc(S(=O)(=O)Nc2cccc(Cl)c2)c2cccnc12. The number of halogens is 1. The van der Waals surface area contributed by atoms with Crippen molar-refractivity contribution >= 4 is 38.2 Å². The highest BCUT2D eigenvalue weighted by molar-refractivity contribution is 7.93. The number of hydrogen-bond acceptors (Lipinski definition) is 4. The van der Waals surface area contributed by atoms with Crippen LogP contribution in [-0.2, 0) is 10.0 Å². The zero-order valence-corrected chi connectivity index (χ0v) is 14.4. The summed E-state index contributed by atoms with van der Waals surface area (Å²) in [6.07, 6.45) is 1.60. The molecule has 0 atom stereocenters. The van der Waals surface area contributed by atoms with Crippen molar-refractivity contribution in [1.29, 1.82) is 0 Å². The average molecular weight is 363 g/mol. The molecule has 0 spiro atoms. The molecule has 0 aliphatic carbocycles. The maximum absolute atomic E-state index is 12.8. The van der Waals surface area contributed by atoms with Crippen LogP contribution in [0.2, 0.25) is 5.02 Å². The number of fused-ring (bicyclic) bond motifs is 1. The van der Waals surface area contributed by atoms with E-state index in [1.54, 1.807) is 48.7 Å². The van der Waals surface area contributed by atoms with Gasteiger partial charge in [0.05, 0.1) is 17.2 Å². The van der Waals surface area contributed by atoms with Crippen LogP contribution in [0.1, 0.15) is 6.92 Å². The van der Waals surface area contributed by atoms with Gasteiger partial charge < -0.3 is 4.74 Å². The zero-order valence-electron chi connectivity index (χ0n) is 12.9. The molecule has 1 N–H and O–H groups in total. The van der Waals surface area contributed by atoms with E-state index in [2.05, 4.69) is 9.71 Å². The summed E-state index contributed by atoms with van der Waals surface area (Å²) in [4.78, 5) is 4.39. The molecule has 1 heterocycles. The summed E-state index contributed by atoms with van der Waals surface area (Å²) in [5.41, 5.74) is 0.904. The molecule has 0 bridgehead atoms. The number of nitrogens with one attached hydrogen (secondary N) is 1. The van der Waals surface area contributed by atoms with Gasteiger partial charge in [0, 0.05) is 16.6 Å². The van der Waals surface area contributed by atoms with E-state index in [0.29, 0.717) is 34.0 Å². The van der Waals surface area contributed by atoms with Crippen LogP contribution in [0.4, 0.5) is 5.69 Å². The number of sulfonamides is 1. The van der Waals surface area contributed by atoms with Crippen LogP contribution in [0.5, 0.6) is 5.75 Å². The molecule has 3 rings (SSSR count). The fraction of sp³-hybridized carbons (Fsp3) is 0.118. The molecular weight excluding hydrogens is 348 g/mol. The second-order valence-electron chi connectivity index (χ2n) is 5.01. The van der Waals surface area contributed by atoms with E-state index in [4.69, 9.17) is 16.3 Å². The van der Waals surface area contributed by atoms with Gasteiger partial charge in [-0.15, -0.1) is 0 Å². The van der Waals surface area contributed by atoms with Crippen LogP contribution in [-0.4, -0.2) is 20.0 Å². The summed E-state index contributed by atoms with van der Waals surface area (Å²) in [5.74, 6) is 0.551. The number of pyridine rings is 1. The molecule has 3 aromatic rings. The average Bonchev–Trinajstić information content (AvgIpc) is 2.55. The monoisotopic (exact) mass is 362 g/mol. The van der Waals surface area contributed by atoms with Gasteiger partial charge in [0.25, 0.3) is 10.0 Å². The highest BCUT2D eigenvalue weighted by atomic mass is 35.5. The highest BCUT2D eigenvalue weighted by Gasteiger charge is 2.20. The van der Waals surface area contributed by atoms with Crippen LogP contribution in [0.25, 0.3) is 10.9 Å². The minimum Gasteiger partial charge on any atom is -0.492 e. The molecule has 0 aliphatic rings. The molecule has 0 fully saturated rings. The first-order chi connectivity index (χ1) is 11.5. The van der Waals surface area contributed by atoms with Gasteiger partial charge in [0.1, 0.15) is 11.3 Å². The summed E-state index contributed by atoms with van der Waals surface area (Å²) >= 11 is 5.91. The molecule has 2 aromatic carbocycles. The third-order valence-electron chi connectivity index (χ3n) is 3.36. The smallest absolute Gasteiger partial charge is 0.262 e. The Morgan fingerprint density at radius 2 is 2.00 bits per heavy atom. The maximum atomic E-state index is 12.8. The molecule has 0 saturated heterocycles. The lowest BCUT2D eigenvalue weighted by Gasteiger charge is -2.13. The number of ether oxygens (including phenoxy) is 1. The first kappa shape index (κ1) is 16.5. The molecule has 1 aromatic heterocycles. The van der Waals surface area contributed by atoms with Crippen molar-refractivity contribution in [3.05, 3.63) is 59.8 Å². The maximum Gasteiger partial charge on any atom is 0.262 e. The van der Waals surface area contributed by atoms with E-state index in [0.717, 1.165) is 0 Å². The highest BCUT2D eigenvalue weighted by Crippen LogP contribution is 2.30. The predicted molar refractivity (Wildman–Crippen MR) is 95.2 cm³/mol. The van der Waals surface area contributed by atoms with Gasteiger partial charge in [-0.25, -0.2) is 8.42 Å². The summed E-state index contributed by atoms with van der Waals surface area (Å²) in [7, 11) is -3.79. The zero-order chi connectivity index (χ0) is 17.2. The van der Waals surface area contributed by atoms with Crippen LogP contribution in [0.15, 0.2) is 59.6 Å². The Morgan fingerprint density at radius 1 is 1.17 bits per heavy atom. The third kappa shape index (κ3) is 3.29. The van der Waals surface area contributed by atoms with Gasteiger partial charge in [-0.3, -0.25) is 9.71 Å². The lowest BCUT2D eigenvalue weighted by molar-refractivity contribution is 0.343. The van der Waals surface area contributed by atoms with Crippen molar-refractivity contribution < 1.29 is 13.2 Å². The Balaban J connectivity index is 2.10. The van der Waals surface area contributed by atoms with E-state index in [9.17, 15) is 8.42 Å². The van der Waals surface area contributed by atoms with Gasteiger partial charge in [-0.1, -0.05) is 17.7 Å². The van der Waals surface area contributed by atoms with Crippen LogP contribution >= 0.6 is 11.6 Å². The normalized spacial score (nSPS) is 11.4. The molecule has 124 valence electrons. The van der Waals surface area contributed by atoms with Crippen molar-refractivity contribution in [2.45, 2.75) is 11.8 Å². The fourth-order valence-corrected chi connectivity index (χ4v) is 3.83. The Hall–Kier alpha value is -2.31. The van der Waals surface area contributed by atoms with E-state index in [1.807, 2.05) is 6.92 Å². The topological polar surface area (TPSA) is 68.3 Å². The van der Waals surface area contributed by atoms with Crippen molar-refractivity contribution in [3.63, 3.8) is 0 Å². The minimum atomic E-state index is -3.79. The van der Waals surface area contributed by atoms with E-state index >= 15 is 0 Å². The van der Waals surface area contributed by atoms with Crippen LogP contribution < -0.4 is 9.46 Å². The molecular formula is C17H15ClN2O3S. The van der Waals surface area contributed by atoms with Crippen molar-refractivity contribution in [1.82, 2.24) is 4.98 Å². The van der Waals surface area contributed by atoms with Gasteiger partial charge in [0.15, 0.2) is 0 Å². The molecule has 0 saturated carbocycles. The lowest BCUT2D eigenvalue weighted by atomic mass is 10.2. The number of benzene rings is 2. The van der Waals surface area contributed by atoms with E-state index in [1.165, 1.54) is 6.07 Å². The number of nitrogens with zero attached hydrogens (tertiary/aromatic N) is 1. The summed E-state index contributed by atoms with van der Waals surface area (Å²) in [6, 6.07) is 13.1. The molecule has 5 nitrogen and oxygen atoms in total. The number of aromatic nitrogens is 1. The molecule has 0 unspecified atom stereocenters. The Kier molecular flexibility index (Phi) is 4.59. The quantitative estimate of drug-likeness (QED) is 0.742. The summed E-state index contributed by atoms with van der Waals surface area (Å²) in [6.45, 7) is 2.33. The summed E-state index contributed by atoms with van der Waals surface area (Å²) in [5, 5.41) is 0.950. The molecule has 7 heteroatoms.